The number of amides is 2. The van der Waals surface area contributed by atoms with Crippen LogP contribution in [0.25, 0.3) is 0 Å². The topological polar surface area (TPSA) is 111 Å². The number of hydrogen-bond acceptors (Lipinski definition) is 4. The maximum atomic E-state index is 11.6. The number of carboxylic acid groups (broad SMARTS) is 1. The predicted octanol–water partition coefficient (Wildman–Crippen LogP) is 1.37. The third-order valence-electron chi connectivity index (χ3n) is 2.83. The minimum Gasteiger partial charge on any atom is -0.481 e. The lowest BCUT2D eigenvalue weighted by Crippen LogP contribution is -2.38. The molecular formula is C13H21N3O4S. The first kappa shape index (κ1) is 17.2. The number of hydrogen-bond donors (Lipinski definition) is 4. The lowest BCUT2D eigenvalue weighted by molar-refractivity contribution is -0.138. The first-order chi connectivity index (χ1) is 9.86. The van der Waals surface area contributed by atoms with Crippen molar-refractivity contribution in [3.8, 4) is 0 Å². The summed E-state index contributed by atoms with van der Waals surface area (Å²) in [6, 6.07) is -0.374. The highest BCUT2D eigenvalue weighted by Gasteiger charge is 2.16. The highest BCUT2D eigenvalue weighted by Crippen LogP contribution is 2.14. The van der Waals surface area contributed by atoms with Gasteiger partial charge in [0.15, 0.2) is 0 Å². The number of nitrogens with one attached hydrogen (secondary N) is 3. The van der Waals surface area contributed by atoms with Gasteiger partial charge in [-0.2, -0.15) is 0 Å². The maximum absolute atomic E-state index is 11.6. The summed E-state index contributed by atoms with van der Waals surface area (Å²) in [4.78, 5) is 35.8. The Morgan fingerprint density at radius 3 is 2.62 bits per heavy atom. The van der Waals surface area contributed by atoms with Crippen molar-refractivity contribution in [1.82, 2.24) is 15.6 Å². The van der Waals surface area contributed by atoms with Crippen LogP contribution in [0.3, 0.4) is 0 Å². The van der Waals surface area contributed by atoms with Gasteiger partial charge >= 0.3 is 16.9 Å². The molecule has 7 nitrogen and oxygen atoms in total. The zero-order valence-electron chi connectivity index (χ0n) is 12.1. The van der Waals surface area contributed by atoms with E-state index in [9.17, 15) is 14.4 Å². The number of aliphatic carboxylic acids is 1. The summed E-state index contributed by atoms with van der Waals surface area (Å²) in [6.45, 7) is 4.58. The molecule has 1 aromatic rings. The van der Waals surface area contributed by atoms with E-state index in [4.69, 9.17) is 5.11 Å². The van der Waals surface area contributed by atoms with Crippen molar-refractivity contribution < 1.29 is 14.7 Å². The quantitative estimate of drug-likeness (QED) is 0.580. The number of carbonyl (C=O) groups is 2. The first-order valence-electron chi connectivity index (χ1n) is 6.77. The Kier molecular flexibility index (Phi) is 6.93. The van der Waals surface area contributed by atoms with Crippen LogP contribution in [0.2, 0.25) is 0 Å². The number of carbonyl (C=O) groups excluding carboxylic acids is 1. The Labute approximate surface area is 126 Å². The maximum Gasteiger partial charge on any atom is 0.315 e. The van der Waals surface area contributed by atoms with Crippen LogP contribution in [0.5, 0.6) is 0 Å². The fourth-order valence-electron chi connectivity index (χ4n) is 2.03. The van der Waals surface area contributed by atoms with Gasteiger partial charge in [0.1, 0.15) is 0 Å². The molecule has 0 spiro atoms. The van der Waals surface area contributed by atoms with Crippen molar-refractivity contribution in [2.75, 3.05) is 6.54 Å². The number of H-pyrrole nitrogens is 1. The Bertz CT molecular complexity index is 523. The van der Waals surface area contributed by atoms with E-state index in [1.165, 1.54) is 0 Å². The third kappa shape index (κ3) is 7.50. The Morgan fingerprint density at radius 2 is 2.10 bits per heavy atom. The molecule has 0 bridgehead atoms. The number of aromatic nitrogens is 1. The Hall–Kier alpha value is -1.83. The largest absolute Gasteiger partial charge is 0.481 e. The molecule has 1 atom stereocenters. The Balaban J connectivity index is 2.34. The molecule has 21 heavy (non-hydrogen) atoms. The zero-order chi connectivity index (χ0) is 15.8. The van der Waals surface area contributed by atoms with Gasteiger partial charge in [-0.15, -0.1) is 0 Å². The molecule has 1 aromatic heterocycles. The van der Waals surface area contributed by atoms with Gasteiger partial charge < -0.3 is 20.7 Å². The molecule has 0 radical (unpaired) electrons. The van der Waals surface area contributed by atoms with Gasteiger partial charge in [-0.05, 0) is 18.3 Å². The van der Waals surface area contributed by atoms with Crippen LogP contribution in [0.4, 0.5) is 4.79 Å². The van der Waals surface area contributed by atoms with E-state index in [0.29, 0.717) is 18.2 Å². The van der Waals surface area contributed by atoms with Crippen LogP contribution in [-0.2, 0) is 11.3 Å². The standard InChI is InChI=1S/C13H21N3O4S/c1-8(2)3-9(4-11(17)18)5-14-12(19)15-6-10-7-21-13(20)16-10/h7-9H,3-6H2,1-2H3,(H,16,20)(H,17,18)(H2,14,15,19). The van der Waals surface area contributed by atoms with Crippen molar-refractivity contribution in [3.05, 3.63) is 20.7 Å². The van der Waals surface area contributed by atoms with E-state index in [0.717, 1.165) is 17.8 Å². The molecule has 1 heterocycles. The molecule has 1 unspecified atom stereocenters. The van der Waals surface area contributed by atoms with Gasteiger partial charge in [-0.3, -0.25) is 9.59 Å². The van der Waals surface area contributed by atoms with Crippen LogP contribution in [-0.4, -0.2) is 28.6 Å². The van der Waals surface area contributed by atoms with Crippen molar-refractivity contribution in [2.45, 2.75) is 33.2 Å². The van der Waals surface area contributed by atoms with Gasteiger partial charge in [0, 0.05) is 24.0 Å². The van der Waals surface area contributed by atoms with Crippen LogP contribution < -0.4 is 15.5 Å². The van der Waals surface area contributed by atoms with E-state index in [2.05, 4.69) is 15.6 Å². The second kappa shape index (κ2) is 8.46. The van der Waals surface area contributed by atoms with E-state index >= 15 is 0 Å². The summed E-state index contributed by atoms with van der Waals surface area (Å²) in [6.07, 6.45) is 0.779. The van der Waals surface area contributed by atoms with Crippen LogP contribution in [0, 0.1) is 11.8 Å². The number of rotatable bonds is 8. The highest BCUT2D eigenvalue weighted by atomic mass is 32.1. The molecule has 118 valence electrons. The molecule has 0 fully saturated rings. The lowest BCUT2D eigenvalue weighted by Gasteiger charge is -2.17. The molecule has 0 aliphatic carbocycles. The Morgan fingerprint density at radius 1 is 1.38 bits per heavy atom. The van der Waals surface area contributed by atoms with E-state index in [1.54, 1.807) is 5.38 Å². The second-order valence-corrected chi connectivity index (χ2v) is 6.17. The predicted molar refractivity (Wildman–Crippen MR) is 80.4 cm³/mol. The lowest BCUT2D eigenvalue weighted by atomic mass is 9.94. The van der Waals surface area contributed by atoms with Gasteiger partial charge in [0.25, 0.3) is 0 Å². The van der Waals surface area contributed by atoms with E-state index in [-0.39, 0.29) is 29.8 Å². The summed E-state index contributed by atoms with van der Waals surface area (Å²) < 4.78 is 0. The highest BCUT2D eigenvalue weighted by molar-refractivity contribution is 7.07. The summed E-state index contributed by atoms with van der Waals surface area (Å²) in [5, 5.41) is 15.8. The van der Waals surface area contributed by atoms with Gasteiger partial charge in [-0.1, -0.05) is 25.2 Å². The van der Waals surface area contributed by atoms with Gasteiger partial charge in [0.05, 0.1) is 6.54 Å². The van der Waals surface area contributed by atoms with Crippen molar-refractivity contribution in [3.63, 3.8) is 0 Å². The molecule has 2 amide bonds. The van der Waals surface area contributed by atoms with Crippen molar-refractivity contribution in [2.24, 2.45) is 11.8 Å². The number of aromatic amines is 1. The fourth-order valence-corrected chi connectivity index (χ4v) is 2.61. The molecule has 8 heteroatoms. The minimum absolute atomic E-state index is 0.0380. The van der Waals surface area contributed by atoms with Crippen molar-refractivity contribution in [1.29, 1.82) is 0 Å². The SMILES string of the molecule is CC(C)CC(CNC(=O)NCc1csc(=O)[nH]1)CC(=O)O. The monoisotopic (exact) mass is 315 g/mol. The van der Waals surface area contributed by atoms with Crippen molar-refractivity contribution >= 4 is 23.3 Å². The molecular weight excluding hydrogens is 294 g/mol. The minimum atomic E-state index is -0.862. The molecule has 0 saturated heterocycles. The average Bonchev–Trinajstić information content (AvgIpc) is 2.78. The van der Waals surface area contributed by atoms with Gasteiger partial charge in [0.2, 0.25) is 0 Å². The van der Waals surface area contributed by atoms with Crippen LogP contribution in [0.15, 0.2) is 10.2 Å². The molecule has 0 aromatic carbocycles. The third-order valence-corrected chi connectivity index (χ3v) is 3.55. The van der Waals surface area contributed by atoms with Crippen LogP contribution in [0.1, 0.15) is 32.4 Å². The number of carboxylic acids is 1. The first-order valence-corrected chi connectivity index (χ1v) is 7.65. The summed E-state index contributed by atoms with van der Waals surface area (Å²) in [5.41, 5.74) is 0.643. The molecule has 1 rings (SSSR count). The molecule has 4 N–H and O–H groups in total. The smallest absolute Gasteiger partial charge is 0.315 e. The normalized spacial score (nSPS) is 12.1. The summed E-state index contributed by atoms with van der Waals surface area (Å²) in [7, 11) is 0. The number of thiazole rings is 1. The van der Waals surface area contributed by atoms with Gasteiger partial charge in [-0.25, -0.2) is 4.79 Å². The molecule has 0 aliphatic heterocycles. The molecule has 0 aliphatic rings. The average molecular weight is 315 g/mol. The van der Waals surface area contributed by atoms with E-state index < -0.39 is 5.97 Å². The van der Waals surface area contributed by atoms with Crippen LogP contribution >= 0.6 is 11.3 Å². The summed E-state index contributed by atoms with van der Waals surface area (Å²) in [5.74, 6) is -0.581. The fraction of sp³-hybridized carbons (Fsp3) is 0.615. The summed E-state index contributed by atoms with van der Waals surface area (Å²) >= 11 is 1.04. The second-order valence-electron chi connectivity index (χ2n) is 5.33. The van der Waals surface area contributed by atoms with E-state index in [1.807, 2.05) is 13.8 Å². The molecule has 0 saturated carbocycles. The zero-order valence-corrected chi connectivity index (χ0v) is 13.0. The number of urea groups is 1.